The maximum Gasteiger partial charge on any atom is 0.338 e. The van der Waals surface area contributed by atoms with Gasteiger partial charge in [-0.05, 0) is 38.8 Å². The first kappa shape index (κ1) is 24.8. The second-order valence-corrected chi connectivity index (χ2v) is 7.99. The van der Waals surface area contributed by atoms with Crippen LogP contribution in [0.4, 0.5) is 9.59 Å². The molecule has 0 saturated heterocycles. The zero-order valence-electron chi connectivity index (χ0n) is 20.2. The number of carbonyl (C=O) groups excluding carboxylic acids is 4. The molecule has 2 aliphatic rings. The van der Waals surface area contributed by atoms with Crippen molar-refractivity contribution in [1.82, 2.24) is 20.4 Å². The van der Waals surface area contributed by atoms with E-state index in [0.29, 0.717) is 33.7 Å². The molecule has 0 aromatic heterocycles. The Kier molecular flexibility index (Phi) is 7.29. The van der Waals surface area contributed by atoms with Crippen LogP contribution in [0.1, 0.15) is 50.9 Å². The lowest BCUT2D eigenvalue weighted by Gasteiger charge is -2.34. The number of esters is 2. The minimum atomic E-state index is -0.703. The number of benzene rings is 1. The van der Waals surface area contributed by atoms with E-state index in [2.05, 4.69) is 10.6 Å². The molecule has 0 radical (unpaired) electrons. The number of urea groups is 2. The number of ether oxygens (including phenoxy) is 2. The predicted molar refractivity (Wildman–Crippen MR) is 123 cm³/mol. The fourth-order valence-electron chi connectivity index (χ4n) is 4.00. The largest absolute Gasteiger partial charge is 0.463 e. The van der Waals surface area contributed by atoms with Crippen LogP contribution >= 0.6 is 0 Å². The van der Waals surface area contributed by atoms with Crippen molar-refractivity contribution in [3.8, 4) is 0 Å². The highest BCUT2D eigenvalue weighted by molar-refractivity contribution is 5.96. The molecule has 2 aliphatic heterocycles. The van der Waals surface area contributed by atoms with Crippen molar-refractivity contribution in [2.75, 3.05) is 27.3 Å². The number of carbonyl (C=O) groups is 4. The number of amides is 4. The van der Waals surface area contributed by atoms with E-state index in [1.807, 2.05) is 0 Å². The van der Waals surface area contributed by atoms with Gasteiger partial charge in [-0.2, -0.15) is 0 Å². The summed E-state index contributed by atoms with van der Waals surface area (Å²) in [7, 11) is 3.16. The van der Waals surface area contributed by atoms with Gasteiger partial charge in [-0.15, -0.1) is 0 Å². The highest BCUT2D eigenvalue weighted by Gasteiger charge is 2.37. The molecule has 2 N–H and O–H groups in total. The van der Waals surface area contributed by atoms with Crippen LogP contribution in [0.2, 0.25) is 0 Å². The average Bonchev–Trinajstić information content (AvgIpc) is 2.80. The van der Waals surface area contributed by atoms with Gasteiger partial charge >= 0.3 is 24.0 Å². The third-order valence-electron chi connectivity index (χ3n) is 6.10. The lowest BCUT2D eigenvalue weighted by molar-refractivity contribution is -0.140. The Labute approximate surface area is 198 Å². The molecule has 0 unspecified atom stereocenters. The van der Waals surface area contributed by atoms with Crippen molar-refractivity contribution in [2.45, 2.75) is 39.8 Å². The standard InChI is InChI=1S/C24H30N4O6/c1-7-33-21(29)17-13(3)27(5)23(31)25-19(17)15-9-11-16(12-10-15)20-18(22(30)34-8-2)14(4)28(6)24(32)26-20/h9-12,19-20H,7-8H2,1-6H3,(H,25,31)(H,26,32)/t19-,20+. The SMILES string of the molecule is CCOC(=O)C1=C(C)N(C)C(=O)N[C@H]1c1ccc([C@H]2NC(=O)N(C)C(C)=C2C(=O)OCC)cc1. The molecular formula is C24H30N4O6. The Hall–Kier alpha value is -3.82. The van der Waals surface area contributed by atoms with Crippen LogP contribution in [0.15, 0.2) is 46.8 Å². The predicted octanol–water partition coefficient (Wildman–Crippen LogP) is 2.75. The summed E-state index contributed by atoms with van der Waals surface area (Å²) in [5, 5.41) is 5.67. The Balaban J connectivity index is 2.00. The monoisotopic (exact) mass is 470 g/mol. The second-order valence-electron chi connectivity index (χ2n) is 7.99. The van der Waals surface area contributed by atoms with E-state index in [1.54, 1.807) is 66.1 Å². The lowest BCUT2D eigenvalue weighted by atomic mass is 9.91. The highest BCUT2D eigenvalue weighted by Crippen LogP contribution is 2.34. The van der Waals surface area contributed by atoms with Gasteiger partial charge in [-0.3, -0.25) is 0 Å². The molecular weight excluding hydrogens is 440 g/mol. The topological polar surface area (TPSA) is 117 Å². The summed E-state index contributed by atoms with van der Waals surface area (Å²) in [5.74, 6) is -1.02. The Bertz CT molecular complexity index is 990. The van der Waals surface area contributed by atoms with Crippen LogP contribution in [0.25, 0.3) is 0 Å². The van der Waals surface area contributed by atoms with Crippen LogP contribution < -0.4 is 10.6 Å². The van der Waals surface area contributed by atoms with Gasteiger partial charge in [0, 0.05) is 25.5 Å². The van der Waals surface area contributed by atoms with Crippen LogP contribution in [-0.4, -0.2) is 61.1 Å². The highest BCUT2D eigenvalue weighted by atomic mass is 16.5. The molecule has 10 heteroatoms. The minimum Gasteiger partial charge on any atom is -0.463 e. The smallest absolute Gasteiger partial charge is 0.338 e. The molecule has 3 rings (SSSR count). The normalized spacial score (nSPS) is 20.8. The minimum absolute atomic E-state index is 0.205. The van der Waals surface area contributed by atoms with Crippen molar-refractivity contribution < 1.29 is 28.7 Å². The van der Waals surface area contributed by atoms with Crippen molar-refractivity contribution in [2.24, 2.45) is 0 Å². The van der Waals surface area contributed by atoms with E-state index < -0.39 is 24.0 Å². The first-order valence-electron chi connectivity index (χ1n) is 11.1. The molecule has 0 aliphatic carbocycles. The number of rotatable bonds is 6. The zero-order chi connectivity index (χ0) is 25.2. The molecule has 1 aromatic rings. The average molecular weight is 471 g/mol. The van der Waals surface area contributed by atoms with E-state index in [-0.39, 0.29) is 25.3 Å². The third kappa shape index (κ3) is 4.48. The zero-order valence-corrected chi connectivity index (χ0v) is 20.2. The number of nitrogens with zero attached hydrogens (tertiary/aromatic N) is 2. The van der Waals surface area contributed by atoms with E-state index in [0.717, 1.165) is 0 Å². The fourth-order valence-corrected chi connectivity index (χ4v) is 4.00. The van der Waals surface area contributed by atoms with Crippen molar-refractivity contribution in [3.05, 3.63) is 57.9 Å². The molecule has 4 amide bonds. The first-order chi connectivity index (χ1) is 16.1. The van der Waals surface area contributed by atoms with Gasteiger partial charge in [0.25, 0.3) is 0 Å². The summed E-state index contributed by atoms with van der Waals surface area (Å²) in [4.78, 5) is 52.9. The van der Waals surface area contributed by atoms with Crippen LogP contribution in [0.5, 0.6) is 0 Å². The van der Waals surface area contributed by atoms with Gasteiger partial charge in [-0.25, -0.2) is 19.2 Å². The van der Waals surface area contributed by atoms with E-state index in [4.69, 9.17) is 9.47 Å². The van der Waals surface area contributed by atoms with Crippen molar-refractivity contribution >= 4 is 24.0 Å². The summed E-state index contributed by atoms with van der Waals surface area (Å²) in [6.45, 7) is 7.23. The number of nitrogens with one attached hydrogen (secondary N) is 2. The summed E-state index contributed by atoms with van der Waals surface area (Å²) in [5.41, 5.74) is 3.00. The summed E-state index contributed by atoms with van der Waals surface area (Å²) >= 11 is 0. The fraction of sp³-hybridized carbons (Fsp3) is 0.417. The quantitative estimate of drug-likeness (QED) is 0.618. The maximum atomic E-state index is 12.7. The molecule has 2 heterocycles. The summed E-state index contributed by atoms with van der Waals surface area (Å²) in [6.07, 6.45) is 0. The van der Waals surface area contributed by atoms with E-state index in [9.17, 15) is 19.2 Å². The first-order valence-corrected chi connectivity index (χ1v) is 11.1. The molecule has 1 aromatic carbocycles. The molecule has 0 saturated carbocycles. The molecule has 10 nitrogen and oxygen atoms in total. The number of hydrogen-bond acceptors (Lipinski definition) is 6. The summed E-state index contributed by atoms with van der Waals surface area (Å²) < 4.78 is 10.4. The van der Waals surface area contributed by atoms with Crippen LogP contribution in [0.3, 0.4) is 0 Å². The third-order valence-corrected chi connectivity index (χ3v) is 6.10. The Morgan fingerprint density at radius 2 is 1.09 bits per heavy atom. The number of allylic oxidation sites excluding steroid dienone is 2. The van der Waals surface area contributed by atoms with Gasteiger partial charge in [0.15, 0.2) is 0 Å². The maximum absolute atomic E-state index is 12.7. The van der Waals surface area contributed by atoms with Gasteiger partial charge < -0.3 is 29.9 Å². The van der Waals surface area contributed by atoms with E-state index >= 15 is 0 Å². The molecule has 0 bridgehead atoms. The van der Waals surface area contributed by atoms with Crippen LogP contribution in [0, 0.1) is 0 Å². The van der Waals surface area contributed by atoms with Gasteiger partial charge in [-0.1, -0.05) is 24.3 Å². The molecule has 34 heavy (non-hydrogen) atoms. The van der Waals surface area contributed by atoms with Gasteiger partial charge in [0.2, 0.25) is 0 Å². The number of hydrogen-bond donors (Lipinski definition) is 2. The lowest BCUT2D eigenvalue weighted by Crippen LogP contribution is -2.46. The van der Waals surface area contributed by atoms with Crippen molar-refractivity contribution in [3.63, 3.8) is 0 Å². The Morgan fingerprint density at radius 1 is 0.765 bits per heavy atom. The molecule has 182 valence electrons. The second kappa shape index (κ2) is 9.98. The van der Waals surface area contributed by atoms with Crippen molar-refractivity contribution in [1.29, 1.82) is 0 Å². The van der Waals surface area contributed by atoms with Crippen LogP contribution in [-0.2, 0) is 19.1 Å². The molecule has 0 fully saturated rings. The van der Waals surface area contributed by atoms with Gasteiger partial charge in [0.1, 0.15) is 0 Å². The van der Waals surface area contributed by atoms with Gasteiger partial charge in [0.05, 0.1) is 36.4 Å². The Morgan fingerprint density at radius 3 is 1.38 bits per heavy atom. The molecule has 2 atom stereocenters. The summed E-state index contributed by atoms with van der Waals surface area (Å²) in [6, 6.07) is 4.91. The molecule has 0 spiro atoms. The van der Waals surface area contributed by atoms with E-state index in [1.165, 1.54) is 9.80 Å².